The molecule has 3 rings (SSSR count). The molecule has 8 nitrogen and oxygen atoms in total. The first-order chi connectivity index (χ1) is 13.0. The molecule has 0 bridgehead atoms. The number of carbonyl (C=O) groups is 4. The number of hydrogen-bond donors (Lipinski definition) is 0. The zero-order valence-electron chi connectivity index (χ0n) is 15.5. The number of imide groups is 2. The maximum atomic E-state index is 12.8. The fourth-order valence-corrected chi connectivity index (χ4v) is 3.07. The second kappa shape index (κ2) is 7.77. The molecule has 0 radical (unpaired) electrons. The summed E-state index contributed by atoms with van der Waals surface area (Å²) in [6.45, 7) is 1.96. The standard InChI is InChI=1S/C19H23N3O5/c1-3-10-20-17(24)18(25)22(19(20)26)12-16(23)21(14-6-7-14)11-13-4-8-15(27-2)9-5-13/h4-5,8-9,14H,3,6-7,10-12H2,1-2H3. The molecule has 5 amide bonds. The van der Waals surface area contributed by atoms with Crippen molar-refractivity contribution in [3.05, 3.63) is 29.8 Å². The summed E-state index contributed by atoms with van der Waals surface area (Å²) in [5.74, 6) is -1.39. The second-order valence-corrected chi connectivity index (χ2v) is 6.73. The van der Waals surface area contributed by atoms with Gasteiger partial charge in [-0.2, -0.15) is 0 Å². The van der Waals surface area contributed by atoms with E-state index in [0.717, 1.165) is 34.0 Å². The van der Waals surface area contributed by atoms with Gasteiger partial charge in [0.1, 0.15) is 12.3 Å². The van der Waals surface area contributed by atoms with Crippen molar-refractivity contribution >= 4 is 23.8 Å². The largest absolute Gasteiger partial charge is 0.497 e. The minimum Gasteiger partial charge on any atom is -0.497 e. The Balaban J connectivity index is 1.69. The van der Waals surface area contributed by atoms with Crippen molar-refractivity contribution in [1.82, 2.24) is 14.7 Å². The maximum absolute atomic E-state index is 12.8. The third kappa shape index (κ3) is 3.94. The summed E-state index contributed by atoms with van der Waals surface area (Å²) in [6, 6.07) is 6.79. The average Bonchev–Trinajstić information content (AvgIpc) is 3.49. The summed E-state index contributed by atoms with van der Waals surface area (Å²) in [7, 11) is 1.59. The van der Waals surface area contributed by atoms with Crippen LogP contribution >= 0.6 is 0 Å². The van der Waals surface area contributed by atoms with E-state index in [1.54, 1.807) is 12.0 Å². The molecule has 0 aromatic heterocycles. The topological polar surface area (TPSA) is 87.2 Å². The quantitative estimate of drug-likeness (QED) is 0.508. The van der Waals surface area contributed by atoms with E-state index in [1.807, 2.05) is 31.2 Å². The molecule has 2 fully saturated rings. The van der Waals surface area contributed by atoms with E-state index in [1.165, 1.54) is 0 Å². The van der Waals surface area contributed by atoms with Crippen LogP contribution in [0.25, 0.3) is 0 Å². The van der Waals surface area contributed by atoms with Crippen molar-refractivity contribution in [2.75, 3.05) is 20.2 Å². The van der Waals surface area contributed by atoms with Crippen molar-refractivity contribution in [2.45, 2.75) is 38.8 Å². The fraction of sp³-hybridized carbons (Fsp3) is 0.474. The minimum absolute atomic E-state index is 0.106. The van der Waals surface area contributed by atoms with Crippen LogP contribution in [0, 0.1) is 0 Å². The number of rotatable bonds is 8. The van der Waals surface area contributed by atoms with E-state index < -0.39 is 24.4 Å². The molecule has 1 aliphatic carbocycles. The van der Waals surface area contributed by atoms with Gasteiger partial charge in [0, 0.05) is 19.1 Å². The lowest BCUT2D eigenvalue weighted by Gasteiger charge is -2.24. The molecule has 144 valence electrons. The monoisotopic (exact) mass is 373 g/mol. The Labute approximate surface area is 157 Å². The van der Waals surface area contributed by atoms with Gasteiger partial charge in [0.25, 0.3) is 0 Å². The lowest BCUT2D eigenvalue weighted by atomic mass is 10.2. The van der Waals surface area contributed by atoms with Crippen LogP contribution in [0.5, 0.6) is 5.75 Å². The molecule has 1 saturated carbocycles. The molecule has 0 N–H and O–H groups in total. The van der Waals surface area contributed by atoms with Crippen LogP contribution in [0.3, 0.4) is 0 Å². The molecule has 1 aromatic carbocycles. The first kappa shape index (κ1) is 18.9. The van der Waals surface area contributed by atoms with Gasteiger partial charge >= 0.3 is 17.8 Å². The third-order valence-corrected chi connectivity index (χ3v) is 4.70. The zero-order valence-corrected chi connectivity index (χ0v) is 15.5. The van der Waals surface area contributed by atoms with E-state index in [0.29, 0.717) is 13.0 Å². The first-order valence-corrected chi connectivity index (χ1v) is 9.06. The van der Waals surface area contributed by atoms with E-state index in [-0.39, 0.29) is 18.5 Å². The van der Waals surface area contributed by atoms with Crippen LogP contribution in [0.1, 0.15) is 31.7 Å². The van der Waals surface area contributed by atoms with Crippen LogP contribution in [0.4, 0.5) is 4.79 Å². The van der Waals surface area contributed by atoms with Gasteiger partial charge in [0.15, 0.2) is 0 Å². The fourth-order valence-electron chi connectivity index (χ4n) is 3.07. The molecule has 0 unspecified atom stereocenters. The SMILES string of the molecule is CCCN1C(=O)C(=O)N(CC(=O)N(Cc2ccc(OC)cc2)C2CC2)C1=O. The first-order valence-electron chi connectivity index (χ1n) is 9.06. The maximum Gasteiger partial charge on any atom is 0.334 e. The number of amides is 5. The Kier molecular flexibility index (Phi) is 5.43. The van der Waals surface area contributed by atoms with Gasteiger partial charge in [-0.25, -0.2) is 9.69 Å². The van der Waals surface area contributed by atoms with Crippen molar-refractivity contribution < 1.29 is 23.9 Å². The predicted molar refractivity (Wildman–Crippen MR) is 95.7 cm³/mol. The van der Waals surface area contributed by atoms with Crippen LogP contribution in [-0.2, 0) is 20.9 Å². The molecular weight excluding hydrogens is 350 g/mol. The molecule has 1 saturated heterocycles. The highest BCUT2D eigenvalue weighted by Crippen LogP contribution is 2.29. The van der Waals surface area contributed by atoms with Crippen molar-refractivity contribution in [3.63, 3.8) is 0 Å². The van der Waals surface area contributed by atoms with Crippen LogP contribution in [0.2, 0.25) is 0 Å². The number of urea groups is 1. The highest BCUT2D eigenvalue weighted by atomic mass is 16.5. The molecule has 1 aliphatic heterocycles. The number of hydrogen-bond acceptors (Lipinski definition) is 5. The summed E-state index contributed by atoms with van der Waals surface area (Å²) in [5.41, 5.74) is 0.929. The van der Waals surface area contributed by atoms with Crippen molar-refractivity contribution in [3.8, 4) is 5.75 Å². The van der Waals surface area contributed by atoms with Crippen molar-refractivity contribution in [2.24, 2.45) is 0 Å². The number of methoxy groups -OCH3 is 1. The summed E-state index contributed by atoms with van der Waals surface area (Å²) in [5, 5.41) is 0. The van der Waals surface area contributed by atoms with Gasteiger partial charge in [-0.15, -0.1) is 0 Å². The Morgan fingerprint density at radius 2 is 1.74 bits per heavy atom. The molecular formula is C19H23N3O5. The lowest BCUT2D eigenvalue weighted by Crippen LogP contribution is -2.44. The van der Waals surface area contributed by atoms with Gasteiger partial charge in [-0.3, -0.25) is 19.3 Å². The second-order valence-electron chi connectivity index (χ2n) is 6.73. The number of benzene rings is 1. The molecule has 0 atom stereocenters. The Morgan fingerprint density at radius 3 is 2.30 bits per heavy atom. The highest BCUT2D eigenvalue weighted by Gasteiger charge is 2.45. The van der Waals surface area contributed by atoms with Gasteiger partial charge in [0.2, 0.25) is 5.91 Å². The van der Waals surface area contributed by atoms with Gasteiger partial charge in [-0.05, 0) is 37.0 Å². The van der Waals surface area contributed by atoms with E-state index in [9.17, 15) is 19.2 Å². The molecule has 8 heteroatoms. The van der Waals surface area contributed by atoms with E-state index in [2.05, 4.69) is 0 Å². The molecule has 0 spiro atoms. The van der Waals surface area contributed by atoms with E-state index >= 15 is 0 Å². The minimum atomic E-state index is -0.929. The van der Waals surface area contributed by atoms with Crippen molar-refractivity contribution in [1.29, 1.82) is 0 Å². The molecule has 1 heterocycles. The molecule has 27 heavy (non-hydrogen) atoms. The average molecular weight is 373 g/mol. The third-order valence-electron chi connectivity index (χ3n) is 4.70. The molecule has 2 aliphatic rings. The van der Waals surface area contributed by atoms with Gasteiger partial charge < -0.3 is 9.64 Å². The van der Waals surface area contributed by atoms with Crippen LogP contribution in [0.15, 0.2) is 24.3 Å². The number of ether oxygens (including phenoxy) is 1. The Bertz CT molecular complexity index is 757. The zero-order chi connectivity index (χ0) is 19.6. The highest BCUT2D eigenvalue weighted by molar-refractivity contribution is 6.45. The Hall–Kier alpha value is -2.90. The van der Waals surface area contributed by atoms with E-state index in [4.69, 9.17) is 4.74 Å². The number of carbonyl (C=O) groups excluding carboxylic acids is 4. The smallest absolute Gasteiger partial charge is 0.334 e. The summed E-state index contributed by atoms with van der Waals surface area (Å²) < 4.78 is 5.13. The Morgan fingerprint density at radius 1 is 1.11 bits per heavy atom. The normalized spacial score (nSPS) is 16.9. The number of nitrogens with zero attached hydrogens (tertiary/aromatic N) is 3. The lowest BCUT2D eigenvalue weighted by molar-refractivity contribution is -0.145. The predicted octanol–water partition coefficient (Wildman–Crippen LogP) is 1.39. The van der Waals surface area contributed by atoms with Gasteiger partial charge in [0.05, 0.1) is 7.11 Å². The van der Waals surface area contributed by atoms with Crippen LogP contribution < -0.4 is 4.74 Å². The summed E-state index contributed by atoms with van der Waals surface area (Å²) in [4.78, 5) is 52.5. The van der Waals surface area contributed by atoms with Gasteiger partial charge in [-0.1, -0.05) is 19.1 Å². The summed E-state index contributed by atoms with van der Waals surface area (Å²) in [6.07, 6.45) is 2.34. The van der Waals surface area contributed by atoms with Crippen LogP contribution in [-0.4, -0.2) is 64.7 Å². The summed E-state index contributed by atoms with van der Waals surface area (Å²) >= 11 is 0. The molecule has 1 aromatic rings.